The summed E-state index contributed by atoms with van der Waals surface area (Å²) in [4.78, 5) is 32.6. The van der Waals surface area contributed by atoms with Crippen LogP contribution >= 0.6 is 22.7 Å². The number of aromatic nitrogens is 4. The molecule has 3 aromatic heterocycles. The van der Waals surface area contributed by atoms with Crippen LogP contribution in [0.1, 0.15) is 27.7 Å². The number of nitrogens with zero attached hydrogens (tertiary/aromatic N) is 5. The number of piperazine rings is 1. The fourth-order valence-corrected chi connectivity index (χ4v) is 6.43. The molecule has 0 spiro atoms. The van der Waals surface area contributed by atoms with Gasteiger partial charge in [-0.15, -0.1) is 11.3 Å². The lowest BCUT2D eigenvalue weighted by molar-refractivity contribution is 0.252. The summed E-state index contributed by atoms with van der Waals surface area (Å²) < 4.78 is 27.4. The maximum atomic E-state index is 12.5. The molecule has 0 radical (unpaired) electrons. The van der Waals surface area contributed by atoms with Crippen LogP contribution in [0.2, 0.25) is 0 Å². The number of thiazole rings is 2. The lowest BCUT2D eigenvalue weighted by Gasteiger charge is -2.26. The average molecular weight is 602 g/mol. The predicted molar refractivity (Wildman–Crippen MR) is 162 cm³/mol. The van der Waals surface area contributed by atoms with Crippen LogP contribution in [0.15, 0.2) is 29.9 Å². The SMILES string of the molecule is CCNC(=O)Nc1nc2cc(-c3cnc(NS(=O)(=O)C(C)(C)C)nc3)cc(-c3csc(N4CCNCC4)n3)c2s1. The van der Waals surface area contributed by atoms with E-state index in [0.29, 0.717) is 22.8 Å². The molecular weight excluding hydrogens is 571 g/mol. The van der Waals surface area contributed by atoms with Crippen LogP contribution in [0, 0.1) is 0 Å². The Morgan fingerprint density at radius 1 is 1.10 bits per heavy atom. The highest BCUT2D eigenvalue weighted by Gasteiger charge is 2.29. The van der Waals surface area contributed by atoms with Gasteiger partial charge in [0.05, 0.1) is 20.7 Å². The van der Waals surface area contributed by atoms with Crippen LogP contribution in [0.3, 0.4) is 0 Å². The van der Waals surface area contributed by atoms with Gasteiger partial charge in [-0.2, -0.15) is 0 Å². The molecule has 0 atom stereocenters. The van der Waals surface area contributed by atoms with Crippen LogP contribution in [-0.2, 0) is 10.0 Å². The molecule has 1 fully saturated rings. The van der Waals surface area contributed by atoms with E-state index in [2.05, 4.69) is 40.5 Å². The molecule has 4 aromatic rings. The first kappa shape index (κ1) is 28.1. The summed E-state index contributed by atoms with van der Waals surface area (Å²) >= 11 is 2.98. The van der Waals surface area contributed by atoms with Crippen LogP contribution in [0.4, 0.5) is 21.0 Å². The van der Waals surface area contributed by atoms with Crippen molar-refractivity contribution < 1.29 is 13.2 Å². The molecule has 4 N–H and O–H groups in total. The second kappa shape index (κ2) is 11.2. The lowest BCUT2D eigenvalue weighted by Crippen LogP contribution is -2.43. The van der Waals surface area contributed by atoms with Crippen LogP contribution in [-0.4, -0.2) is 71.9 Å². The smallest absolute Gasteiger partial charge is 0.321 e. The zero-order valence-corrected chi connectivity index (χ0v) is 25.1. The molecule has 1 aromatic carbocycles. The highest BCUT2D eigenvalue weighted by Crippen LogP contribution is 2.40. The van der Waals surface area contributed by atoms with E-state index in [-0.39, 0.29) is 12.0 Å². The Hall–Kier alpha value is -3.40. The molecule has 1 aliphatic rings. The monoisotopic (exact) mass is 601 g/mol. The summed E-state index contributed by atoms with van der Waals surface area (Å²) in [5, 5.41) is 12.4. The van der Waals surface area contributed by atoms with Crippen molar-refractivity contribution in [3.63, 3.8) is 0 Å². The summed E-state index contributed by atoms with van der Waals surface area (Å²) in [6.07, 6.45) is 3.15. The van der Waals surface area contributed by atoms with E-state index in [1.807, 2.05) is 24.4 Å². The van der Waals surface area contributed by atoms with Crippen molar-refractivity contribution in [2.75, 3.05) is 47.7 Å². The standard InChI is InChI=1S/C25H31N9O3S3/c1-5-27-22(35)32-23-30-18-11-15(16-12-28-21(29-13-16)33-40(36,37)25(2,3)4)10-17(20(18)39-23)19-14-38-24(31-19)34-8-6-26-7-9-34/h10-14,26H,5-9H2,1-4H3,(H,28,29,33)(H2,27,30,32,35). The summed E-state index contributed by atoms with van der Waals surface area (Å²) in [5.41, 5.74) is 3.86. The number of carbonyl (C=O) groups excluding carboxylic acids is 1. The van der Waals surface area contributed by atoms with Gasteiger partial charge in [-0.25, -0.2) is 33.1 Å². The molecule has 5 rings (SSSR count). The third-order valence-corrected chi connectivity index (χ3v) is 10.2. The third-order valence-electron chi connectivity index (χ3n) is 6.22. The van der Waals surface area contributed by atoms with Crippen molar-refractivity contribution in [3.05, 3.63) is 29.9 Å². The number of anilines is 3. The quantitative estimate of drug-likeness (QED) is 0.246. The zero-order valence-electron chi connectivity index (χ0n) is 22.6. The van der Waals surface area contributed by atoms with E-state index in [1.54, 1.807) is 44.5 Å². The van der Waals surface area contributed by atoms with Crippen LogP contribution in [0.25, 0.3) is 32.6 Å². The maximum absolute atomic E-state index is 12.5. The van der Waals surface area contributed by atoms with Crippen molar-refractivity contribution in [2.45, 2.75) is 32.4 Å². The van der Waals surface area contributed by atoms with Gasteiger partial charge in [0.1, 0.15) is 0 Å². The number of hydrogen-bond donors (Lipinski definition) is 4. The molecule has 0 unspecified atom stereocenters. The Labute approximate surface area is 240 Å². The van der Waals surface area contributed by atoms with Gasteiger partial charge in [-0.05, 0) is 45.4 Å². The van der Waals surface area contributed by atoms with E-state index in [4.69, 9.17) is 4.98 Å². The van der Waals surface area contributed by atoms with Crippen molar-refractivity contribution >= 4 is 65.2 Å². The number of sulfonamides is 1. The highest BCUT2D eigenvalue weighted by molar-refractivity contribution is 7.94. The number of carbonyl (C=O) groups is 1. The second-order valence-corrected chi connectivity index (χ2v) is 14.4. The predicted octanol–water partition coefficient (Wildman–Crippen LogP) is 3.97. The van der Waals surface area contributed by atoms with E-state index in [9.17, 15) is 13.2 Å². The molecule has 40 heavy (non-hydrogen) atoms. The molecule has 2 amide bonds. The number of benzene rings is 1. The van der Waals surface area contributed by atoms with E-state index < -0.39 is 14.8 Å². The number of amides is 2. The van der Waals surface area contributed by atoms with Crippen LogP contribution in [0.5, 0.6) is 0 Å². The van der Waals surface area contributed by atoms with Crippen molar-refractivity contribution in [1.82, 2.24) is 30.6 Å². The van der Waals surface area contributed by atoms with Gasteiger partial charge in [-0.1, -0.05) is 11.3 Å². The van der Waals surface area contributed by atoms with E-state index in [1.165, 1.54) is 11.3 Å². The van der Waals surface area contributed by atoms with Gasteiger partial charge in [-0.3, -0.25) is 10.0 Å². The van der Waals surface area contributed by atoms with Gasteiger partial charge >= 0.3 is 6.03 Å². The Bertz CT molecular complexity index is 1620. The first-order valence-corrected chi connectivity index (χ1v) is 16.0. The van der Waals surface area contributed by atoms with Gasteiger partial charge in [0.25, 0.3) is 0 Å². The molecule has 1 saturated heterocycles. The van der Waals surface area contributed by atoms with E-state index in [0.717, 1.165) is 52.8 Å². The van der Waals surface area contributed by atoms with Crippen molar-refractivity contribution in [2.24, 2.45) is 0 Å². The minimum atomic E-state index is -3.66. The molecule has 212 valence electrons. The first-order valence-electron chi connectivity index (χ1n) is 12.8. The first-order chi connectivity index (χ1) is 19.0. The lowest BCUT2D eigenvalue weighted by atomic mass is 10.0. The topological polar surface area (TPSA) is 154 Å². The zero-order chi connectivity index (χ0) is 28.5. The van der Waals surface area contributed by atoms with Crippen molar-refractivity contribution in [1.29, 1.82) is 0 Å². The minimum absolute atomic E-state index is 0.00206. The molecule has 12 nitrogen and oxygen atoms in total. The average Bonchev–Trinajstić information content (AvgIpc) is 3.55. The van der Waals surface area contributed by atoms with Crippen LogP contribution < -0.4 is 25.6 Å². The molecule has 0 aliphatic carbocycles. The number of nitrogens with one attached hydrogen (secondary N) is 4. The maximum Gasteiger partial charge on any atom is 0.321 e. The van der Waals surface area contributed by atoms with Crippen molar-refractivity contribution in [3.8, 4) is 22.4 Å². The fraction of sp³-hybridized carbons (Fsp3) is 0.400. The Morgan fingerprint density at radius 2 is 1.82 bits per heavy atom. The Morgan fingerprint density at radius 3 is 2.50 bits per heavy atom. The second-order valence-electron chi connectivity index (χ2n) is 10.1. The Kier molecular flexibility index (Phi) is 7.90. The highest BCUT2D eigenvalue weighted by atomic mass is 32.2. The molecule has 1 aliphatic heterocycles. The third kappa shape index (κ3) is 6.01. The number of fused-ring (bicyclic) bond motifs is 1. The molecule has 4 heterocycles. The normalized spacial score (nSPS) is 14.3. The van der Waals surface area contributed by atoms with Gasteiger partial charge in [0.2, 0.25) is 16.0 Å². The molecule has 0 saturated carbocycles. The number of hydrogen-bond acceptors (Lipinski definition) is 11. The summed E-state index contributed by atoms with van der Waals surface area (Å²) in [5.74, 6) is 0.00206. The summed E-state index contributed by atoms with van der Waals surface area (Å²) in [7, 11) is -3.66. The summed E-state index contributed by atoms with van der Waals surface area (Å²) in [6.45, 7) is 10.8. The fourth-order valence-electron chi connectivity index (χ4n) is 3.94. The number of rotatable bonds is 7. The summed E-state index contributed by atoms with van der Waals surface area (Å²) in [6, 6.07) is 3.59. The van der Waals surface area contributed by atoms with Gasteiger partial charge in [0, 0.05) is 61.6 Å². The number of urea groups is 1. The molecule has 15 heteroatoms. The Balaban J connectivity index is 1.53. The molecular formula is C25H31N9O3S3. The van der Waals surface area contributed by atoms with Gasteiger partial charge < -0.3 is 15.5 Å². The van der Waals surface area contributed by atoms with E-state index >= 15 is 0 Å². The molecule has 0 bridgehead atoms. The largest absolute Gasteiger partial charge is 0.346 e. The van der Waals surface area contributed by atoms with Gasteiger partial charge in [0.15, 0.2) is 10.3 Å². The minimum Gasteiger partial charge on any atom is -0.346 e.